The zero-order valence-electron chi connectivity index (χ0n) is 7.87. The zero-order valence-corrected chi connectivity index (χ0v) is 13.5. The second-order valence-electron chi connectivity index (χ2n) is 2.39. The third kappa shape index (κ3) is 6.66. The van der Waals surface area contributed by atoms with E-state index in [2.05, 4.69) is 18.2 Å². The van der Waals surface area contributed by atoms with Crippen LogP contribution in [0.2, 0.25) is 0 Å². The number of halogens is 7. The molecule has 0 radical (unpaired) electrons. The topological polar surface area (TPSA) is 0 Å². The van der Waals surface area contributed by atoms with Crippen LogP contribution in [0.25, 0.3) is 6.08 Å². The van der Waals surface area contributed by atoms with E-state index in [1.807, 2.05) is 18.2 Å². The van der Waals surface area contributed by atoms with Crippen molar-refractivity contribution >= 4 is 92.1 Å². The summed E-state index contributed by atoms with van der Waals surface area (Å²) in [5.41, 5.74) is 2.48. The fraction of sp³-hybridized carbons (Fsp3) is 0.111. The third-order valence-electron chi connectivity index (χ3n) is 1.74. The lowest BCUT2D eigenvalue weighted by molar-refractivity contribution is 1.25. The van der Waals surface area contributed by atoms with Crippen LogP contribution in [-0.2, 0) is 0 Å². The predicted octanol–water partition coefficient (Wildman–Crippen LogP) is 5.52. The van der Waals surface area contributed by atoms with Crippen LogP contribution in [0.4, 0.5) is 0 Å². The molecule has 0 aromatic heterocycles. The number of alkyl halides is 1. The summed E-state index contributed by atoms with van der Waals surface area (Å²) >= 11 is 5.96. The molecule has 0 amide bonds. The molecule has 7 heteroatoms. The van der Waals surface area contributed by atoms with E-state index in [1.165, 1.54) is 11.1 Å². The molecule has 1 aliphatic rings. The molecule has 1 aliphatic carbocycles. The van der Waals surface area contributed by atoms with Crippen LogP contribution in [-0.4, -0.2) is 0 Å². The Bertz CT molecular complexity index is 287. The highest BCUT2D eigenvalue weighted by atomic mass is 35.5. The Labute approximate surface area is 138 Å². The molecule has 0 bridgehead atoms. The Balaban J connectivity index is -0.0000000672. The van der Waals surface area contributed by atoms with E-state index < -0.39 is 0 Å². The van der Waals surface area contributed by atoms with E-state index in [4.69, 9.17) is 11.6 Å². The molecule has 0 N–H and O–H groups in total. The number of hydrogen-bond donors (Lipinski definition) is 0. The molecule has 0 fully saturated rings. The van der Waals surface area contributed by atoms with Crippen molar-refractivity contribution in [3.8, 4) is 0 Å². The molecule has 2 rings (SSSR count). The van der Waals surface area contributed by atoms with Gasteiger partial charge in [-0.25, -0.2) is 0 Å². The molecule has 0 aliphatic heterocycles. The Kier molecular flexibility index (Phi) is 26.5. The maximum atomic E-state index is 5.96. The zero-order chi connectivity index (χ0) is 6.97. The largest absolute Gasteiger partial charge is 0.147 e. The van der Waals surface area contributed by atoms with Crippen LogP contribution in [0.1, 0.15) is 16.5 Å². The molecule has 0 spiro atoms. The van der Waals surface area contributed by atoms with Crippen LogP contribution in [0.5, 0.6) is 0 Å². The highest BCUT2D eigenvalue weighted by Crippen LogP contribution is 2.32. The van der Waals surface area contributed by atoms with Crippen molar-refractivity contribution in [3.63, 3.8) is 0 Å². The van der Waals surface area contributed by atoms with Gasteiger partial charge in [-0.15, -0.1) is 86.0 Å². The minimum Gasteiger partial charge on any atom is -0.147 e. The lowest BCUT2D eigenvalue weighted by Gasteiger charge is -1.99. The summed E-state index contributed by atoms with van der Waals surface area (Å²) in [5, 5.41) is 0.0937. The van der Waals surface area contributed by atoms with Gasteiger partial charge in [0.2, 0.25) is 0 Å². The van der Waals surface area contributed by atoms with Gasteiger partial charge in [0.1, 0.15) is 0 Å². The van der Waals surface area contributed by atoms with Gasteiger partial charge in [0, 0.05) is 0 Å². The Morgan fingerprint density at radius 2 is 1.31 bits per heavy atom. The second kappa shape index (κ2) is 14.1. The Morgan fingerprint density at radius 1 is 0.812 bits per heavy atom. The first-order valence-corrected chi connectivity index (χ1v) is 3.73. The molecule has 0 nitrogen and oxygen atoms in total. The highest BCUT2D eigenvalue weighted by molar-refractivity contribution is 6.23. The van der Waals surface area contributed by atoms with Gasteiger partial charge >= 0.3 is 0 Å². The summed E-state index contributed by atoms with van der Waals surface area (Å²) in [7, 11) is 0. The number of allylic oxidation sites excluding steroid dienone is 1. The molecule has 1 unspecified atom stereocenters. The van der Waals surface area contributed by atoms with Crippen molar-refractivity contribution in [2.75, 3.05) is 0 Å². The number of rotatable bonds is 0. The van der Waals surface area contributed by atoms with Crippen LogP contribution in [0.15, 0.2) is 30.3 Å². The van der Waals surface area contributed by atoms with Crippen LogP contribution >= 0.6 is 86.0 Å². The fourth-order valence-corrected chi connectivity index (χ4v) is 1.48. The summed E-state index contributed by atoms with van der Waals surface area (Å²) in [5.74, 6) is 0. The SMILES string of the molecule is Cl.Cl.Cl.Cl.Cl.Cl.ClC1C=Cc2ccccc21. The molecule has 1 aromatic carbocycles. The Hall–Kier alpha value is 0.990. The first kappa shape index (κ1) is 30.2. The average Bonchev–Trinajstić information content (AvgIpc) is 2.34. The standard InChI is InChI=1S/C9H7Cl.6ClH/c10-9-6-5-7-3-1-2-4-8(7)9;;;;;;/h1-6,9H;6*1H. The normalized spacial score (nSPS) is 13.2. The molecule has 1 atom stereocenters. The maximum absolute atomic E-state index is 5.96. The lowest BCUT2D eigenvalue weighted by atomic mass is 10.1. The van der Waals surface area contributed by atoms with Crippen LogP contribution < -0.4 is 0 Å². The molecule has 16 heavy (non-hydrogen) atoms. The van der Waals surface area contributed by atoms with Crippen molar-refractivity contribution < 1.29 is 0 Å². The smallest absolute Gasteiger partial charge is 0.0775 e. The molecular formula is C9H13Cl7. The summed E-state index contributed by atoms with van der Waals surface area (Å²) in [6, 6.07) is 8.18. The van der Waals surface area contributed by atoms with Gasteiger partial charge in [-0.2, -0.15) is 0 Å². The van der Waals surface area contributed by atoms with Crippen molar-refractivity contribution in [2.24, 2.45) is 0 Å². The fourth-order valence-electron chi connectivity index (χ4n) is 1.21. The number of hydrogen-bond acceptors (Lipinski definition) is 0. The van der Waals surface area contributed by atoms with Gasteiger partial charge in [0.25, 0.3) is 0 Å². The van der Waals surface area contributed by atoms with Gasteiger partial charge < -0.3 is 0 Å². The van der Waals surface area contributed by atoms with E-state index in [1.54, 1.807) is 0 Å². The van der Waals surface area contributed by atoms with Crippen molar-refractivity contribution in [1.29, 1.82) is 0 Å². The predicted molar refractivity (Wildman–Crippen MR) is 87.6 cm³/mol. The van der Waals surface area contributed by atoms with Crippen LogP contribution in [0, 0.1) is 0 Å². The average molecular weight is 369 g/mol. The van der Waals surface area contributed by atoms with Gasteiger partial charge in [0.05, 0.1) is 5.38 Å². The van der Waals surface area contributed by atoms with Crippen molar-refractivity contribution in [1.82, 2.24) is 0 Å². The molecular weight excluding hydrogens is 356 g/mol. The first-order valence-electron chi connectivity index (χ1n) is 3.29. The maximum Gasteiger partial charge on any atom is 0.0775 e. The monoisotopic (exact) mass is 366 g/mol. The van der Waals surface area contributed by atoms with Gasteiger partial charge in [-0.05, 0) is 11.1 Å². The summed E-state index contributed by atoms with van der Waals surface area (Å²) < 4.78 is 0. The van der Waals surface area contributed by atoms with Crippen LogP contribution in [0.3, 0.4) is 0 Å². The first-order chi connectivity index (χ1) is 4.88. The second-order valence-corrected chi connectivity index (χ2v) is 2.86. The van der Waals surface area contributed by atoms with Crippen molar-refractivity contribution in [3.05, 3.63) is 41.5 Å². The molecule has 1 aromatic rings. The van der Waals surface area contributed by atoms with E-state index in [0.29, 0.717) is 0 Å². The summed E-state index contributed by atoms with van der Waals surface area (Å²) in [6.07, 6.45) is 4.07. The number of fused-ring (bicyclic) bond motifs is 1. The van der Waals surface area contributed by atoms with Crippen molar-refractivity contribution in [2.45, 2.75) is 5.38 Å². The van der Waals surface area contributed by atoms with E-state index in [0.717, 1.165) is 0 Å². The minimum absolute atomic E-state index is 0. The Morgan fingerprint density at radius 3 is 1.81 bits per heavy atom. The molecule has 0 saturated carbocycles. The van der Waals surface area contributed by atoms with Gasteiger partial charge in [-0.1, -0.05) is 36.4 Å². The quantitative estimate of drug-likeness (QED) is 0.528. The highest BCUT2D eigenvalue weighted by Gasteiger charge is 2.12. The van der Waals surface area contributed by atoms with E-state index in [-0.39, 0.29) is 79.8 Å². The van der Waals surface area contributed by atoms with Gasteiger partial charge in [-0.3, -0.25) is 0 Å². The van der Waals surface area contributed by atoms with E-state index >= 15 is 0 Å². The lowest BCUT2D eigenvalue weighted by Crippen LogP contribution is -1.81. The summed E-state index contributed by atoms with van der Waals surface area (Å²) in [4.78, 5) is 0. The number of benzene rings is 1. The molecule has 0 heterocycles. The third-order valence-corrected chi connectivity index (χ3v) is 2.12. The molecule has 98 valence electrons. The van der Waals surface area contributed by atoms with E-state index in [9.17, 15) is 0 Å². The minimum atomic E-state index is 0. The summed E-state index contributed by atoms with van der Waals surface area (Å²) in [6.45, 7) is 0. The van der Waals surface area contributed by atoms with Gasteiger partial charge in [0.15, 0.2) is 0 Å². The molecule has 0 saturated heterocycles.